The van der Waals surface area contributed by atoms with Crippen molar-refractivity contribution < 1.29 is 9.53 Å². The van der Waals surface area contributed by atoms with Gasteiger partial charge in [0.1, 0.15) is 11.4 Å². The molecule has 6 heteroatoms. The maximum Gasteiger partial charge on any atom is 0.256 e. The van der Waals surface area contributed by atoms with Crippen molar-refractivity contribution in [3.05, 3.63) is 42.1 Å². The molecule has 154 valence electrons. The van der Waals surface area contributed by atoms with Crippen LogP contribution in [-0.2, 0) is 4.74 Å². The van der Waals surface area contributed by atoms with Crippen molar-refractivity contribution in [3.63, 3.8) is 0 Å². The lowest BCUT2D eigenvalue weighted by Gasteiger charge is -2.33. The molecule has 0 bridgehead atoms. The monoisotopic (exact) mass is 394 g/mol. The Labute approximate surface area is 172 Å². The van der Waals surface area contributed by atoms with Crippen molar-refractivity contribution >= 4 is 11.7 Å². The van der Waals surface area contributed by atoms with E-state index in [2.05, 4.69) is 22.2 Å². The van der Waals surface area contributed by atoms with Crippen LogP contribution in [0.15, 0.2) is 36.5 Å². The predicted octanol–water partition coefficient (Wildman–Crippen LogP) is 3.82. The fraction of sp³-hybridized carbons (Fsp3) is 0.522. The van der Waals surface area contributed by atoms with Crippen LogP contribution in [0.3, 0.4) is 0 Å². The minimum Gasteiger partial charge on any atom is -0.376 e. The highest BCUT2D eigenvalue weighted by Crippen LogP contribution is 2.28. The Hall–Kier alpha value is -2.47. The highest BCUT2D eigenvalue weighted by Gasteiger charge is 2.25. The molecular weight excluding hydrogens is 364 g/mol. The van der Waals surface area contributed by atoms with E-state index < -0.39 is 0 Å². The molecule has 1 atom stereocenters. The van der Waals surface area contributed by atoms with Crippen LogP contribution >= 0.6 is 0 Å². The Morgan fingerprint density at radius 1 is 1.14 bits per heavy atom. The number of aromatic nitrogens is 2. The molecule has 1 N–H and O–H groups in total. The lowest BCUT2D eigenvalue weighted by molar-refractivity contribution is 0.0857. The van der Waals surface area contributed by atoms with E-state index in [4.69, 9.17) is 9.72 Å². The number of carbonyl (C=O) groups is 1. The molecule has 0 radical (unpaired) electrons. The highest BCUT2D eigenvalue weighted by atomic mass is 16.5. The molecule has 2 aliphatic rings. The van der Waals surface area contributed by atoms with Gasteiger partial charge in [-0.2, -0.15) is 0 Å². The summed E-state index contributed by atoms with van der Waals surface area (Å²) in [6, 6.07) is 10.3. The standard InChI is InChI=1S/C23H30N4O2/c1-27(18-11-6-3-7-12-18)22-20(23(28)25-15-19-13-8-14-29-19)16-24-21(26-22)17-9-4-2-5-10-17/h2,4-5,9-10,16,18-19H,3,6-8,11-15H2,1H3,(H,25,28). The van der Waals surface area contributed by atoms with Gasteiger partial charge in [0.25, 0.3) is 5.91 Å². The first kappa shape index (κ1) is 19.8. The second-order valence-electron chi connectivity index (χ2n) is 8.04. The molecule has 1 aliphatic heterocycles. The van der Waals surface area contributed by atoms with Crippen molar-refractivity contribution in [2.45, 2.75) is 57.1 Å². The van der Waals surface area contributed by atoms with E-state index in [1.165, 1.54) is 19.3 Å². The van der Waals surface area contributed by atoms with Crippen LogP contribution in [-0.4, -0.2) is 48.2 Å². The summed E-state index contributed by atoms with van der Waals surface area (Å²) < 4.78 is 5.63. The summed E-state index contributed by atoms with van der Waals surface area (Å²) in [5, 5.41) is 3.03. The molecule has 4 rings (SSSR count). The molecule has 1 aromatic heterocycles. The Bertz CT molecular complexity index is 815. The van der Waals surface area contributed by atoms with Gasteiger partial charge in [0.15, 0.2) is 5.82 Å². The van der Waals surface area contributed by atoms with Gasteiger partial charge in [0.05, 0.1) is 6.10 Å². The van der Waals surface area contributed by atoms with E-state index in [1.54, 1.807) is 6.20 Å². The van der Waals surface area contributed by atoms with Gasteiger partial charge in [-0.05, 0) is 25.7 Å². The van der Waals surface area contributed by atoms with E-state index >= 15 is 0 Å². The zero-order valence-electron chi connectivity index (χ0n) is 17.1. The van der Waals surface area contributed by atoms with Gasteiger partial charge in [-0.25, -0.2) is 9.97 Å². The highest BCUT2D eigenvalue weighted by molar-refractivity contribution is 5.99. The molecule has 2 aromatic rings. The first-order chi connectivity index (χ1) is 14.2. The SMILES string of the molecule is CN(c1nc(-c2ccccc2)ncc1C(=O)NCC1CCCO1)C1CCCCC1. The van der Waals surface area contributed by atoms with Crippen molar-refractivity contribution in [1.29, 1.82) is 0 Å². The normalized spacial score (nSPS) is 19.8. The van der Waals surface area contributed by atoms with Gasteiger partial charge in [0.2, 0.25) is 0 Å². The lowest BCUT2D eigenvalue weighted by atomic mass is 9.94. The largest absolute Gasteiger partial charge is 0.376 e. The molecule has 29 heavy (non-hydrogen) atoms. The molecule has 0 spiro atoms. The molecule has 1 unspecified atom stereocenters. The molecule has 2 fully saturated rings. The molecule has 1 amide bonds. The third-order valence-corrected chi connectivity index (χ3v) is 6.02. The number of carbonyl (C=O) groups excluding carboxylic acids is 1. The third-order valence-electron chi connectivity index (χ3n) is 6.02. The van der Waals surface area contributed by atoms with Crippen LogP contribution in [0, 0.1) is 0 Å². The van der Waals surface area contributed by atoms with Crippen molar-refractivity contribution in [3.8, 4) is 11.4 Å². The Kier molecular flexibility index (Phi) is 6.39. The smallest absolute Gasteiger partial charge is 0.256 e. The lowest BCUT2D eigenvalue weighted by Crippen LogP contribution is -2.37. The van der Waals surface area contributed by atoms with Crippen LogP contribution in [0.1, 0.15) is 55.3 Å². The summed E-state index contributed by atoms with van der Waals surface area (Å²) >= 11 is 0. The van der Waals surface area contributed by atoms with Crippen LogP contribution in [0.2, 0.25) is 0 Å². The fourth-order valence-corrected chi connectivity index (χ4v) is 4.28. The summed E-state index contributed by atoms with van der Waals surface area (Å²) in [4.78, 5) is 24.5. The minimum absolute atomic E-state index is 0.114. The van der Waals surface area contributed by atoms with E-state index in [0.29, 0.717) is 24.0 Å². The van der Waals surface area contributed by atoms with Gasteiger partial charge < -0.3 is 15.0 Å². The van der Waals surface area contributed by atoms with Gasteiger partial charge in [-0.3, -0.25) is 4.79 Å². The molecule has 2 heterocycles. The molecule has 1 saturated carbocycles. The van der Waals surface area contributed by atoms with Crippen LogP contribution in [0.25, 0.3) is 11.4 Å². The Balaban J connectivity index is 1.60. The number of nitrogens with zero attached hydrogens (tertiary/aromatic N) is 3. The molecule has 6 nitrogen and oxygen atoms in total. The van der Waals surface area contributed by atoms with E-state index in [-0.39, 0.29) is 12.0 Å². The second-order valence-corrected chi connectivity index (χ2v) is 8.04. The third kappa shape index (κ3) is 4.75. The van der Waals surface area contributed by atoms with E-state index in [0.717, 1.165) is 43.7 Å². The number of rotatable bonds is 6. The first-order valence-corrected chi connectivity index (χ1v) is 10.8. The minimum atomic E-state index is -0.127. The number of anilines is 1. The summed E-state index contributed by atoms with van der Waals surface area (Å²) in [6.45, 7) is 1.32. The number of amides is 1. The van der Waals surface area contributed by atoms with Crippen molar-refractivity contribution in [1.82, 2.24) is 15.3 Å². The van der Waals surface area contributed by atoms with Crippen LogP contribution in [0.4, 0.5) is 5.82 Å². The molecule has 1 aromatic carbocycles. The Morgan fingerprint density at radius 3 is 2.66 bits per heavy atom. The van der Waals surface area contributed by atoms with Gasteiger partial charge in [-0.1, -0.05) is 49.6 Å². The summed E-state index contributed by atoms with van der Waals surface area (Å²) in [5.41, 5.74) is 1.49. The van der Waals surface area contributed by atoms with Crippen LogP contribution in [0.5, 0.6) is 0 Å². The fourth-order valence-electron chi connectivity index (χ4n) is 4.28. The average Bonchev–Trinajstić information content (AvgIpc) is 3.31. The zero-order valence-corrected chi connectivity index (χ0v) is 17.1. The maximum atomic E-state index is 13.0. The summed E-state index contributed by atoms with van der Waals surface area (Å²) in [6.07, 6.45) is 9.87. The predicted molar refractivity (Wildman–Crippen MR) is 114 cm³/mol. The average molecular weight is 395 g/mol. The van der Waals surface area contributed by atoms with Crippen molar-refractivity contribution in [2.24, 2.45) is 0 Å². The topological polar surface area (TPSA) is 67.4 Å². The zero-order chi connectivity index (χ0) is 20.1. The number of benzene rings is 1. The number of nitrogens with one attached hydrogen (secondary N) is 1. The van der Waals surface area contributed by atoms with Gasteiger partial charge in [-0.15, -0.1) is 0 Å². The van der Waals surface area contributed by atoms with E-state index in [9.17, 15) is 4.79 Å². The Morgan fingerprint density at radius 2 is 1.93 bits per heavy atom. The first-order valence-electron chi connectivity index (χ1n) is 10.8. The van der Waals surface area contributed by atoms with Crippen LogP contribution < -0.4 is 10.2 Å². The molecular formula is C23H30N4O2. The van der Waals surface area contributed by atoms with E-state index in [1.807, 2.05) is 30.3 Å². The summed E-state index contributed by atoms with van der Waals surface area (Å²) in [7, 11) is 2.06. The van der Waals surface area contributed by atoms with Crippen molar-refractivity contribution in [2.75, 3.05) is 25.1 Å². The van der Waals surface area contributed by atoms with Gasteiger partial charge >= 0.3 is 0 Å². The quantitative estimate of drug-likeness (QED) is 0.807. The number of hydrogen-bond donors (Lipinski definition) is 1. The molecule has 1 saturated heterocycles. The maximum absolute atomic E-state index is 13.0. The summed E-state index contributed by atoms with van der Waals surface area (Å²) in [5.74, 6) is 1.24. The molecule has 1 aliphatic carbocycles. The number of hydrogen-bond acceptors (Lipinski definition) is 5. The van der Waals surface area contributed by atoms with Gasteiger partial charge in [0, 0.05) is 38.0 Å². The number of ether oxygens (including phenoxy) is 1. The second kappa shape index (κ2) is 9.35.